The van der Waals surface area contributed by atoms with Gasteiger partial charge in [-0.1, -0.05) is 12.1 Å². The molecule has 0 unspecified atom stereocenters. The fraction of sp³-hybridized carbons (Fsp3) is 0.0588. The molecule has 2 aromatic heterocycles. The Kier molecular flexibility index (Phi) is 4.37. The summed E-state index contributed by atoms with van der Waals surface area (Å²) in [5.74, 6) is -1.06. The van der Waals surface area contributed by atoms with Gasteiger partial charge in [-0.25, -0.2) is 16.8 Å². The van der Waals surface area contributed by atoms with Gasteiger partial charge in [-0.15, -0.1) is 0 Å². The Bertz CT molecular complexity index is 1030. The summed E-state index contributed by atoms with van der Waals surface area (Å²) in [5.41, 5.74) is 0.847. The third-order valence-electron chi connectivity index (χ3n) is 3.54. The zero-order chi connectivity index (χ0) is 18.0. The number of hydrogen-bond acceptors (Lipinski definition) is 4. The minimum absolute atomic E-state index is 0.172. The van der Waals surface area contributed by atoms with E-state index in [0.717, 1.165) is 10.0 Å². The lowest BCUT2D eigenvalue weighted by Gasteiger charge is -2.07. The van der Waals surface area contributed by atoms with E-state index in [1.54, 1.807) is 19.1 Å². The fourth-order valence-corrected chi connectivity index (χ4v) is 3.36. The Morgan fingerprint density at radius 2 is 2.00 bits per heavy atom. The zero-order valence-electron chi connectivity index (χ0n) is 13.2. The number of anilines is 1. The second-order valence-electron chi connectivity index (χ2n) is 5.32. The van der Waals surface area contributed by atoms with Gasteiger partial charge in [0.2, 0.25) is 0 Å². The number of aryl methyl sites for hydroxylation is 1. The van der Waals surface area contributed by atoms with Gasteiger partial charge in [0.15, 0.2) is 0 Å². The molecule has 6 nitrogen and oxygen atoms in total. The molecule has 0 aliphatic carbocycles. The second-order valence-corrected chi connectivity index (χ2v) is 7.16. The summed E-state index contributed by atoms with van der Waals surface area (Å²) in [6.45, 7) is 1.55. The molecule has 1 N–H and O–H groups in total. The van der Waals surface area contributed by atoms with Crippen LogP contribution in [0.5, 0.6) is 0 Å². The SMILES string of the molecule is Cc1ccc(S(=O)(=O)n2ccc(NC(=O)c3ccccn3)c2)cc1F. The zero-order valence-corrected chi connectivity index (χ0v) is 14.0. The lowest BCUT2D eigenvalue weighted by atomic mass is 10.2. The molecule has 8 heteroatoms. The molecule has 1 amide bonds. The van der Waals surface area contributed by atoms with Crippen molar-refractivity contribution in [3.05, 3.63) is 78.1 Å². The van der Waals surface area contributed by atoms with Crippen molar-refractivity contribution in [2.75, 3.05) is 5.32 Å². The van der Waals surface area contributed by atoms with Gasteiger partial charge in [-0.3, -0.25) is 9.78 Å². The molecule has 3 rings (SSSR count). The maximum absolute atomic E-state index is 13.7. The van der Waals surface area contributed by atoms with Gasteiger partial charge in [-0.2, -0.15) is 0 Å². The number of carbonyl (C=O) groups excluding carboxylic acids is 1. The Morgan fingerprint density at radius 3 is 2.68 bits per heavy atom. The highest BCUT2D eigenvalue weighted by molar-refractivity contribution is 7.90. The first kappa shape index (κ1) is 16.8. The number of rotatable bonds is 4. The molecule has 1 aromatic carbocycles. The molecule has 0 radical (unpaired) electrons. The van der Waals surface area contributed by atoms with Crippen molar-refractivity contribution in [3.63, 3.8) is 0 Å². The Hall–Kier alpha value is -3.00. The molecule has 2 heterocycles. The number of carbonyl (C=O) groups is 1. The van der Waals surface area contributed by atoms with Gasteiger partial charge >= 0.3 is 0 Å². The van der Waals surface area contributed by atoms with Crippen LogP contribution in [0.25, 0.3) is 0 Å². The summed E-state index contributed by atoms with van der Waals surface area (Å²) in [6, 6.07) is 10.0. The average Bonchev–Trinajstić information content (AvgIpc) is 3.07. The monoisotopic (exact) mass is 359 g/mol. The first-order valence-corrected chi connectivity index (χ1v) is 8.74. The van der Waals surface area contributed by atoms with Crippen LogP contribution in [-0.4, -0.2) is 23.3 Å². The fourth-order valence-electron chi connectivity index (χ4n) is 2.15. The van der Waals surface area contributed by atoms with Gasteiger partial charge in [-0.05, 0) is 42.8 Å². The highest BCUT2D eigenvalue weighted by atomic mass is 32.2. The standard InChI is InChI=1S/C17H14FN3O3S/c1-12-5-6-14(10-15(12)18)25(23,24)21-9-7-13(11-21)20-17(22)16-4-2-3-8-19-16/h2-11H,1H3,(H,20,22). The van der Waals surface area contributed by atoms with Crippen molar-refractivity contribution in [2.45, 2.75) is 11.8 Å². The van der Waals surface area contributed by atoms with Crippen molar-refractivity contribution < 1.29 is 17.6 Å². The Labute approximate surface area is 144 Å². The number of pyridine rings is 1. The molecule has 0 atom stereocenters. The van der Waals surface area contributed by atoms with Crippen LogP contribution in [0, 0.1) is 12.7 Å². The first-order chi connectivity index (χ1) is 11.9. The number of benzene rings is 1. The summed E-state index contributed by atoms with van der Waals surface area (Å²) in [7, 11) is -3.95. The van der Waals surface area contributed by atoms with Crippen LogP contribution in [0.3, 0.4) is 0 Å². The van der Waals surface area contributed by atoms with E-state index < -0.39 is 21.7 Å². The molecular formula is C17H14FN3O3S. The number of nitrogens with zero attached hydrogens (tertiary/aromatic N) is 2. The van der Waals surface area contributed by atoms with Gasteiger partial charge in [0.1, 0.15) is 11.5 Å². The lowest BCUT2D eigenvalue weighted by molar-refractivity contribution is 0.102. The minimum atomic E-state index is -3.95. The minimum Gasteiger partial charge on any atom is -0.319 e. The van der Waals surface area contributed by atoms with E-state index in [4.69, 9.17) is 0 Å². The van der Waals surface area contributed by atoms with Gasteiger partial charge in [0.25, 0.3) is 15.9 Å². The number of nitrogens with one attached hydrogen (secondary N) is 1. The quantitative estimate of drug-likeness (QED) is 0.777. The summed E-state index contributed by atoms with van der Waals surface area (Å²) in [6.07, 6.45) is 4.01. The molecule has 0 spiro atoms. The van der Waals surface area contributed by atoms with Gasteiger partial charge in [0, 0.05) is 18.6 Å². The van der Waals surface area contributed by atoms with Crippen LogP contribution in [0.4, 0.5) is 10.1 Å². The number of aromatic nitrogens is 2. The summed E-state index contributed by atoms with van der Waals surface area (Å²) >= 11 is 0. The molecule has 25 heavy (non-hydrogen) atoms. The smallest absolute Gasteiger partial charge is 0.274 e. The molecule has 0 saturated heterocycles. The van der Waals surface area contributed by atoms with E-state index in [1.807, 2.05) is 0 Å². The number of amides is 1. The molecular weight excluding hydrogens is 345 g/mol. The third kappa shape index (κ3) is 3.43. The third-order valence-corrected chi connectivity index (χ3v) is 5.17. The molecule has 128 valence electrons. The molecule has 0 saturated carbocycles. The molecule has 0 aliphatic heterocycles. The van der Waals surface area contributed by atoms with Crippen LogP contribution in [-0.2, 0) is 10.0 Å². The Morgan fingerprint density at radius 1 is 1.20 bits per heavy atom. The average molecular weight is 359 g/mol. The maximum Gasteiger partial charge on any atom is 0.274 e. The van der Waals surface area contributed by atoms with Crippen LogP contribution < -0.4 is 5.32 Å². The first-order valence-electron chi connectivity index (χ1n) is 7.30. The topological polar surface area (TPSA) is 81.1 Å². The van der Waals surface area contributed by atoms with E-state index in [-0.39, 0.29) is 16.3 Å². The highest BCUT2D eigenvalue weighted by Crippen LogP contribution is 2.20. The van der Waals surface area contributed by atoms with Crippen molar-refractivity contribution in [2.24, 2.45) is 0 Å². The summed E-state index contributed by atoms with van der Waals surface area (Å²) in [4.78, 5) is 15.8. The Balaban J connectivity index is 1.85. The second kappa shape index (κ2) is 6.48. The predicted octanol–water partition coefficient (Wildman–Crippen LogP) is 2.82. The van der Waals surface area contributed by atoms with E-state index >= 15 is 0 Å². The molecule has 0 aliphatic rings. The van der Waals surface area contributed by atoms with Crippen LogP contribution in [0.2, 0.25) is 0 Å². The predicted molar refractivity (Wildman–Crippen MR) is 90.3 cm³/mol. The molecule has 0 bridgehead atoms. The number of hydrogen-bond donors (Lipinski definition) is 1. The maximum atomic E-state index is 13.7. The van der Waals surface area contributed by atoms with Crippen LogP contribution in [0.15, 0.2) is 66.0 Å². The summed E-state index contributed by atoms with van der Waals surface area (Å²) in [5, 5.41) is 2.56. The van der Waals surface area contributed by atoms with Crippen molar-refractivity contribution in [3.8, 4) is 0 Å². The van der Waals surface area contributed by atoms with E-state index in [0.29, 0.717) is 5.56 Å². The van der Waals surface area contributed by atoms with Gasteiger partial charge in [0.05, 0.1) is 10.6 Å². The normalized spacial score (nSPS) is 11.3. The van der Waals surface area contributed by atoms with Crippen molar-refractivity contribution in [1.29, 1.82) is 0 Å². The summed E-state index contributed by atoms with van der Waals surface area (Å²) < 4.78 is 39.6. The molecule has 0 fully saturated rings. The van der Waals surface area contributed by atoms with Gasteiger partial charge < -0.3 is 5.32 Å². The van der Waals surface area contributed by atoms with Crippen LogP contribution >= 0.6 is 0 Å². The van der Waals surface area contributed by atoms with E-state index in [9.17, 15) is 17.6 Å². The van der Waals surface area contributed by atoms with Crippen LogP contribution in [0.1, 0.15) is 16.1 Å². The van der Waals surface area contributed by atoms with Crippen molar-refractivity contribution in [1.82, 2.24) is 8.96 Å². The van der Waals surface area contributed by atoms with Crippen molar-refractivity contribution >= 4 is 21.6 Å². The lowest BCUT2D eigenvalue weighted by Crippen LogP contribution is -2.14. The number of halogens is 1. The van der Waals surface area contributed by atoms with E-state index in [2.05, 4.69) is 10.3 Å². The largest absolute Gasteiger partial charge is 0.319 e. The van der Waals surface area contributed by atoms with E-state index in [1.165, 1.54) is 42.9 Å². The molecule has 3 aromatic rings. The highest BCUT2D eigenvalue weighted by Gasteiger charge is 2.19.